The summed E-state index contributed by atoms with van der Waals surface area (Å²) in [7, 11) is 0. The maximum Gasteiger partial charge on any atom is 0.251 e. The van der Waals surface area contributed by atoms with Crippen molar-refractivity contribution in [2.75, 3.05) is 19.8 Å². The predicted octanol–water partition coefficient (Wildman–Crippen LogP) is 2.77. The molecule has 0 unspecified atom stereocenters. The lowest BCUT2D eigenvalue weighted by atomic mass is 9.89. The number of amides is 1. The molecule has 2 aliphatic rings. The van der Waals surface area contributed by atoms with Gasteiger partial charge < -0.3 is 14.8 Å². The standard InChI is InChI=1S/C16H21NO3/c1-16(6-2-3-7-16)11-17-15(18)12-4-5-13-14(10-12)20-9-8-19-13/h4-5,10H,2-3,6-9,11H2,1H3,(H,17,18). The number of carbonyl (C=O) groups excluding carboxylic acids is 1. The zero-order valence-electron chi connectivity index (χ0n) is 11.9. The molecule has 0 bridgehead atoms. The molecule has 0 atom stereocenters. The first-order valence-electron chi connectivity index (χ1n) is 7.34. The predicted molar refractivity (Wildman–Crippen MR) is 76.3 cm³/mol. The molecule has 1 aromatic rings. The number of ether oxygens (including phenoxy) is 2. The van der Waals surface area contributed by atoms with Crippen LogP contribution in [-0.2, 0) is 0 Å². The van der Waals surface area contributed by atoms with Crippen LogP contribution in [0, 0.1) is 5.41 Å². The SMILES string of the molecule is CC1(CNC(=O)c2ccc3c(c2)OCCO3)CCCC1. The molecular formula is C16H21NO3. The second-order valence-corrected chi connectivity index (χ2v) is 6.06. The van der Waals surface area contributed by atoms with Crippen molar-refractivity contribution in [2.24, 2.45) is 5.41 Å². The number of nitrogens with one attached hydrogen (secondary N) is 1. The molecule has 1 amide bonds. The van der Waals surface area contributed by atoms with Crippen molar-refractivity contribution >= 4 is 5.91 Å². The number of benzene rings is 1. The number of rotatable bonds is 3. The van der Waals surface area contributed by atoms with Gasteiger partial charge in [-0.3, -0.25) is 4.79 Å². The van der Waals surface area contributed by atoms with Gasteiger partial charge in [-0.15, -0.1) is 0 Å². The summed E-state index contributed by atoms with van der Waals surface area (Å²) in [6, 6.07) is 5.36. The number of hydrogen-bond donors (Lipinski definition) is 1. The van der Waals surface area contributed by atoms with Crippen molar-refractivity contribution in [1.29, 1.82) is 0 Å². The Labute approximate surface area is 119 Å². The fourth-order valence-electron chi connectivity index (χ4n) is 2.99. The van der Waals surface area contributed by atoms with Crippen LogP contribution >= 0.6 is 0 Å². The molecule has 1 N–H and O–H groups in total. The van der Waals surface area contributed by atoms with Gasteiger partial charge in [0.1, 0.15) is 13.2 Å². The summed E-state index contributed by atoms with van der Waals surface area (Å²) in [6.45, 7) is 4.11. The summed E-state index contributed by atoms with van der Waals surface area (Å²) < 4.78 is 11.0. The first-order valence-corrected chi connectivity index (χ1v) is 7.34. The third kappa shape index (κ3) is 2.74. The summed E-state index contributed by atoms with van der Waals surface area (Å²) in [4.78, 5) is 12.2. The van der Waals surface area contributed by atoms with Crippen molar-refractivity contribution in [3.8, 4) is 11.5 Å². The molecule has 1 fully saturated rings. The summed E-state index contributed by atoms with van der Waals surface area (Å²) >= 11 is 0. The Morgan fingerprint density at radius 1 is 1.20 bits per heavy atom. The second kappa shape index (κ2) is 5.35. The average molecular weight is 275 g/mol. The molecule has 0 spiro atoms. The Balaban J connectivity index is 1.65. The zero-order valence-corrected chi connectivity index (χ0v) is 11.9. The van der Waals surface area contributed by atoms with Gasteiger partial charge in [-0.05, 0) is 36.5 Å². The van der Waals surface area contributed by atoms with Crippen LogP contribution in [0.5, 0.6) is 11.5 Å². The summed E-state index contributed by atoms with van der Waals surface area (Å²) in [5.41, 5.74) is 0.902. The van der Waals surface area contributed by atoms with Crippen molar-refractivity contribution < 1.29 is 14.3 Å². The molecular weight excluding hydrogens is 254 g/mol. The van der Waals surface area contributed by atoms with Crippen LogP contribution in [0.3, 0.4) is 0 Å². The molecule has 1 aliphatic heterocycles. The molecule has 1 saturated carbocycles. The van der Waals surface area contributed by atoms with Gasteiger partial charge in [0.15, 0.2) is 11.5 Å². The highest BCUT2D eigenvalue weighted by Gasteiger charge is 2.29. The lowest BCUT2D eigenvalue weighted by Crippen LogP contribution is -2.34. The van der Waals surface area contributed by atoms with Crippen molar-refractivity contribution in [1.82, 2.24) is 5.32 Å². The largest absolute Gasteiger partial charge is 0.486 e. The average Bonchev–Trinajstić information content (AvgIpc) is 2.91. The Bertz CT molecular complexity index is 506. The van der Waals surface area contributed by atoms with Gasteiger partial charge in [-0.2, -0.15) is 0 Å². The van der Waals surface area contributed by atoms with E-state index in [0.717, 1.165) is 12.3 Å². The minimum atomic E-state index is -0.0323. The first-order chi connectivity index (χ1) is 9.66. The van der Waals surface area contributed by atoms with Crippen LogP contribution in [0.25, 0.3) is 0 Å². The maximum absolute atomic E-state index is 12.2. The van der Waals surface area contributed by atoms with Gasteiger partial charge in [0, 0.05) is 12.1 Å². The first kappa shape index (κ1) is 13.3. The summed E-state index contributed by atoms with van der Waals surface area (Å²) in [6.07, 6.45) is 4.95. The molecule has 0 aromatic heterocycles. The van der Waals surface area contributed by atoms with E-state index in [0.29, 0.717) is 24.5 Å². The number of hydrogen-bond acceptors (Lipinski definition) is 3. The van der Waals surface area contributed by atoms with E-state index >= 15 is 0 Å². The number of fused-ring (bicyclic) bond motifs is 1. The summed E-state index contributed by atoms with van der Waals surface area (Å²) in [5.74, 6) is 1.35. The molecule has 0 saturated heterocycles. The molecule has 1 aliphatic carbocycles. The third-order valence-electron chi connectivity index (χ3n) is 4.29. The van der Waals surface area contributed by atoms with E-state index in [1.165, 1.54) is 25.7 Å². The molecule has 1 heterocycles. The van der Waals surface area contributed by atoms with Gasteiger partial charge >= 0.3 is 0 Å². The molecule has 0 radical (unpaired) electrons. The minimum absolute atomic E-state index is 0.0323. The van der Waals surface area contributed by atoms with Crippen LogP contribution < -0.4 is 14.8 Å². The highest BCUT2D eigenvalue weighted by Crippen LogP contribution is 2.37. The fourth-order valence-corrected chi connectivity index (χ4v) is 2.99. The highest BCUT2D eigenvalue weighted by molar-refractivity contribution is 5.94. The van der Waals surface area contributed by atoms with E-state index in [9.17, 15) is 4.79 Å². The molecule has 108 valence electrons. The van der Waals surface area contributed by atoms with Gasteiger partial charge in [0.05, 0.1) is 0 Å². The Hall–Kier alpha value is -1.71. The zero-order chi connectivity index (χ0) is 14.0. The quantitative estimate of drug-likeness (QED) is 0.922. The lowest BCUT2D eigenvalue weighted by molar-refractivity contribution is 0.0933. The van der Waals surface area contributed by atoms with Crippen LogP contribution in [0.2, 0.25) is 0 Å². The van der Waals surface area contributed by atoms with E-state index in [2.05, 4.69) is 12.2 Å². The van der Waals surface area contributed by atoms with Gasteiger partial charge in [0.25, 0.3) is 5.91 Å². The smallest absolute Gasteiger partial charge is 0.251 e. The van der Waals surface area contributed by atoms with E-state index in [4.69, 9.17) is 9.47 Å². The lowest BCUT2D eigenvalue weighted by Gasteiger charge is -2.24. The molecule has 3 rings (SSSR count). The Morgan fingerprint density at radius 2 is 1.90 bits per heavy atom. The maximum atomic E-state index is 12.2. The normalized spacial score (nSPS) is 19.6. The molecule has 20 heavy (non-hydrogen) atoms. The summed E-state index contributed by atoms with van der Waals surface area (Å²) in [5, 5.41) is 3.05. The van der Waals surface area contributed by atoms with Crippen LogP contribution in [0.15, 0.2) is 18.2 Å². The van der Waals surface area contributed by atoms with Crippen molar-refractivity contribution in [3.05, 3.63) is 23.8 Å². The van der Waals surface area contributed by atoms with Crippen molar-refractivity contribution in [3.63, 3.8) is 0 Å². The van der Waals surface area contributed by atoms with E-state index in [1.807, 2.05) is 0 Å². The second-order valence-electron chi connectivity index (χ2n) is 6.06. The van der Waals surface area contributed by atoms with E-state index in [-0.39, 0.29) is 11.3 Å². The minimum Gasteiger partial charge on any atom is -0.486 e. The molecule has 4 nitrogen and oxygen atoms in total. The molecule has 4 heteroatoms. The Morgan fingerprint density at radius 3 is 2.65 bits per heavy atom. The van der Waals surface area contributed by atoms with Crippen LogP contribution in [0.1, 0.15) is 43.0 Å². The monoisotopic (exact) mass is 275 g/mol. The van der Waals surface area contributed by atoms with E-state index in [1.54, 1.807) is 18.2 Å². The van der Waals surface area contributed by atoms with Gasteiger partial charge in [0.2, 0.25) is 0 Å². The third-order valence-corrected chi connectivity index (χ3v) is 4.29. The highest BCUT2D eigenvalue weighted by atomic mass is 16.6. The topological polar surface area (TPSA) is 47.6 Å². The Kier molecular flexibility index (Phi) is 3.55. The fraction of sp³-hybridized carbons (Fsp3) is 0.562. The van der Waals surface area contributed by atoms with Crippen molar-refractivity contribution in [2.45, 2.75) is 32.6 Å². The van der Waals surface area contributed by atoms with Gasteiger partial charge in [-0.25, -0.2) is 0 Å². The van der Waals surface area contributed by atoms with Gasteiger partial charge in [-0.1, -0.05) is 19.8 Å². The van der Waals surface area contributed by atoms with E-state index < -0.39 is 0 Å². The van der Waals surface area contributed by atoms with Crippen LogP contribution in [0.4, 0.5) is 0 Å². The van der Waals surface area contributed by atoms with Crippen LogP contribution in [-0.4, -0.2) is 25.7 Å². The molecule has 1 aromatic carbocycles. The number of carbonyl (C=O) groups is 1.